The van der Waals surface area contributed by atoms with E-state index < -0.39 is 26.7 Å². The second-order valence-electron chi connectivity index (χ2n) is 3.40. The zero-order valence-electron chi connectivity index (χ0n) is 8.25. The monoisotopic (exact) mass is 206 g/mol. The number of ether oxygens (including phenoxy) is 1. The summed E-state index contributed by atoms with van der Waals surface area (Å²) < 4.78 is 9.09. The maximum absolute atomic E-state index is 10.8. The van der Waals surface area contributed by atoms with E-state index in [1.54, 1.807) is 0 Å². The summed E-state index contributed by atoms with van der Waals surface area (Å²) in [6, 6.07) is 0. The van der Waals surface area contributed by atoms with E-state index in [1.807, 2.05) is 19.6 Å². The lowest BCUT2D eigenvalue weighted by molar-refractivity contribution is -0.220. The molecule has 0 aliphatic heterocycles. The molecule has 0 spiro atoms. The minimum absolute atomic E-state index is 0.416. The maximum Gasteiger partial charge on any atom is 0.352 e. The first-order valence-electron chi connectivity index (χ1n) is 3.80. The molecule has 0 N–H and O–H groups in total. The van der Waals surface area contributed by atoms with Crippen LogP contribution in [0.15, 0.2) is 0 Å². The van der Waals surface area contributed by atoms with Crippen molar-refractivity contribution in [3.05, 3.63) is 0 Å². The molecule has 6 heteroatoms. The summed E-state index contributed by atoms with van der Waals surface area (Å²) in [5.41, 5.74) is 0. The van der Waals surface area contributed by atoms with E-state index >= 15 is 0 Å². The van der Waals surface area contributed by atoms with Crippen LogP contribution in [0.1, 0.15) is 6.42 Å². The predicted octanol–water partition coefficient (Wildman–Crippen LogP) is 0.859. The van der Waals surface area contributed by atoms with Gasteiger partial charge in [-0.3, -0.25) is 4.79 Å². The van der Waals surface area contributed by atoms with Gasteiger partial charge in [0.1, 0.15) is 6.42 Å². The van der Waals surface area contributed by atoms with Crippen LogP contribution >= 0.6 is 0 Å². The highest BCUT2D eigenvalue weighted by molar-refractivity contribution is 6.69. The van der Waals surface area contributed by atoms with Crippen LogP contribution in [0.5, 0.6) is 0 Å². The van der Waals surface area contributed by atoms with Crippen molar-refractivity contribution in [1.29, 1.82) is 0 Å². The van der Waals surface area contributed by atoms with Crippen molar-refractivity contribution >= 4 is 20.3 Å². The summed E-state index contributed by atoms with van der Waals surface area (Å²) in [7, 11) is -0.673. The minimum atomic E-state index is -1.88. The normalized spacial score (nSPS) is 10.8. The Morgan fingerprint density at radius 3 is 2.08 bits per heavy atom. The topological polar surface area (TPSA) is 61.8 Å². The molecular weight excluding hydrogens is 192 g/mol. The lowest BCUT2D eigenvalue weighted by Crippen LogP contribution is -2.27. The number of carbonyl (C=O) groups excluding carboxylic acids is 2. The van der Waals surface area contributed by atoms with E-state index in [0.29, 0.717) is 0 Å². The summed E-state index contributed by atoms with van der Waals surface area (Å²) in [5.74, 6) is -1.36. The first-order chi connectivity index (χ1) is 5.85. The van der Waals surface area contributed by atoms with Gasteiger partial charge in [0, 0.05) is 0 Å². The summed E-state index contributed by atoms with van der Waals surface area (Å²) in [6.07, 6.45) is -0.416. The van der Waals surface area contributed by atoms with Crippen LogP contribution in [0, 0.1) is 0 Å². The van der Waals surface area contributed by atoms with Gasteiger partial charge < -0.3 is 9.62 Å². The molecule has 0 aromatic rings. The molecule has 5 nitrogen and oxygen atoms in total. The Hall–Kier alpha value is -0.883. The standard InChI is InChI=1S/C7H14O5Si/c1-10-6(8)5-7(9)11-12-13(2,3)4/h5H2,1-4H3. The van der Waals surface area contributed by atoms with Crippen LogP contribution in [-0.2, 0) is 23.8 Å². The van der Waals surface area contributed by atoms with Crippen molar-refractivity contribution in [2.75, 3.05) is 7.11 Å². The van der Waals surface area contributed by atoms with Crippen molar-refractivity contribution in [1.82, 2.24) is 0 Å². The number of rotatable bonds is 4. The Bertz CT molecular complexity index is 196. The molecule has 76 valence electrons. The smallest absolute Gasteiger partial charge is 0.352 e. The Morgan fingerprint density at radius 1 is 1.15 bits per heavy atom. The minimum Gasteiger partial charge on any atom is -0.469 e. The zero-order valence-corrected chi connectivity index (χ0v) is 9.25. The Kier molecular flexibility index (Phi) is 4.64. The molecule has 0 bridgehead atoms. The van der Waals surface area contributed by atoms with Crippen molar-refractivity contribution in [2.45, 2.75) is 26.1 Å². The molecule has 0 heterocycles. The fourth-order valence-corrected chi connectivity index (χ4v) is 0.734. The van der Waals surface area contributed by atoms with Crippen molar-refractivity contribution < 1.29 is 23.8 Å². The Balaban J connectivity index is 3.70. The van der Waals surface area contributed by atoms with Gasteiger partial charge >= 0.3 is 11.9 Å². The fourth-order valence-electron chi connectivity index (χ4n) is 0.391. The molecule has 0 fully saturated rings. The zero-order chi connectivity index (χ0) is 10.5. The second-order valence-corrected chi connectivity index (χ2v) is 7.80. The number of methoxy groups -OCH3 is 1. The second kappa shape index (κ2) is 4.98. The molecule has 13 heavy (non-hydrogen) atoms. The molecule has 0 aromatic heterocycles. The first kappa shape index (κ1) is 12.1. The van der Waals surface area contributed by atoms with Gasteiger partial charge in [-0.2, -0.15) is 0 Å². The molecule has 0 aromatic carbocycles. The average molecular weight is 206 g/mol. The third-order valence-electron chi connectivity index (χ3n) is 0.901. The molecule has 0 saturated heterocycles. The molecular formula is C7H14O5Si. The van der Waals surface area contributed by atoms with Gasteiger partial charge in [0.15, 0.2) is 0 Å². The van der Waals surface area contributed by atoms with Crippen LogP contribution in [0.2, 0.25) is 19.6 Å². The van der Waals surface area contributed by atoms with E-state index in [2.05, 4.69) is 9.62 Å². The first-order valence-corrected chi connectivity index (χ1v) is 7.21. The van der Waals surface area contributed by atoms with Crippen LogP contribution in [-0.4, -0.2) is 27.4 Å². The van der Waals surface area contributed by atoms with Crippen LogP contribution in [0.4, 0.5) is 0 Å². The van der Waals surface area contributed by atoms with E-state index in [1.165, 1.54) is 7.11 Å². The fraction of sp³-hybridized carbons (Fsp3) is 0.714. The highest BCUT2D eigenvalue weighted by Gasteiger charge is 2.20. The molecule has 0 saturated carbocycles. The SMILES string of the molecule is COC(=O)CC(=O)OO[Si](C)(C)C. The summed E-state index contributed by atoms with van der Waals surface area (Å²) >= 11 is 0. The lowest BCUT2D eigenvalue weighted by Gasteiger charge is -2.13. The molecule has 0 amide bonds. The van der Waals surface area contributed by atoms with Gasteiger partial charge in [0.2, 0.25) is 8.32 Å². The van der Waals surface area contributed by atoms with Gasteiger partial charge in [0.25, 0.3) is 0 Å². The van der Waals surface area contributed by atoms with E-state index in [0.717, 1.165) is 0 Å². The Labute approximate surface area is 78.0 Å². The van der Waals surface area contributed by atoms with Gasteiger partial charge in [-0.05, 0) is 19.6 Å². The molecule has 0 radical (unpaired) electrons. The van der Waals surface area contributed by atoms with E-state index in [4.69, 9.17) is 4.58 Å². The highest BCUT2D eigenvalue weighted by atomic mass is 28.4. The average Bonchev–Trinajstić information content (AvgIpc) is 1.99. The molecule has 0 aliphatic carbocycles. The lowest BCUT2D eigenvalue weighted by atomic mass is 10.4. The van der Waals surface area contributed by atoms with Crippen LogP contribution < -0.4 is 0 Å². The van der Waals surface area contributed by atoms with E-state index in [-0.39, 0.29) is 0 Å². The van der Waals surface area contributed by atoms with Crippen LogP contribution in [0.25, 0.3) is 0 Å². The predicted molar refractivity (Wildman–Crippen MR) is 47.2 cm³/mol. The molecule has 0 atom stereocenters. The maximum atomic E-state index is 10.8. The van der Waals surface area contributed by atoms with E-state index in [9.17, 15) is 9.59 Å². The summed E-state index contributed by atoms with van der Waals surface area (Å²) in [5, 5.41) is 0. The van der Waals surface area contributed by atoms with Crippen LogP contribution in [0.3, 0.4) is 0 Å². The molecule has 0 unspecified atom stereocenters. The van der Waals surface area contributed by atoms with Gasteiger partial charge in [0.05, 0.1) is 7.11 Å². The quantitative estimate of drug-likeness (QED) is 0.224. The van der Waals surface area contributed by atoms with Crippen molar-refractivity contribution in [3.63, 3.8) is 0 Å². The largest absolute Gasteiger partial charge is 0.469 e. The van der Waals surface area contributed by atoms with Gasteiger partial charge in [-0.1, -0.05) is 0 Å². The Morgan fingerprint density at radius 2 is 1.69 bits per heavy atom. The number of hydrogen-bond acceptors (Lipinski definition) is 5. The number of esters is 1. The summed E-state index contributed by atoms with van der Waals surface area (Å²) in [6.45, 7) is 5.58. The van der Waals surface area contributed by atoms with Gasteiger partial charge in [-0.25, -0.2) is 9.37 Å². The molecule has 0 rings (SSSR count). The summed E-state index contributed by atoms with van der Waals surface area (Å²) in [4.78, 5) is 25.8. The highest BCUT2D eigenvalue weighted by Crippen LogP contribution is 2.03. The molecule has 0 aliphatic rings. The van der Waals surface area contributed by atoms with Crippen molar-refractivity contribution in [3.8, 4) is 0 Å². The number of carbonyl (C=O) groups is 2. The third kappa shape index (κ3) is 7.48. The van der Waals surface area contributed by atoms with Crippen molar-refractivity contribution in [2.24, 2.45) is 0 Å². The third-order valence-corrected chi connectivity index (χ3v) is 1.48. The van der Waals surface area contributed by atoms with Gasteiger partial charge in [-0.15, -0.1) is 0 Å². The number of hydrogen-bond donors (Lipinski definition) is 0.